The Morgan fingerprint density at radius 2 is 1.97 bits per heavy atom. The van der Waals surface area contributed by atoms with Crippen LogP contribution in [0, 0.1) is 29.1 Å². The average Bonchev–Trinajstić information content (AvgIpc) is 3.26. The number of aliphatic hydroxyl groups excluding tert-OH is 2. The van der Waals surface area contributed by atoms with E-state index in [1.807, 2.05) is 6.92 Å². The smallest absolute Gasteiger partial charge is 0.333 e. The van der Waals surface area contributed by atoms with Crippen LogP contribution in [0.3, 0.4) is 0 Å². The minimum atomic E-state index is -0.669. The van der Waals surface area contributed by atoms with E-state index >= 15 is 0 Å². The van der Waals surface area contributed by atoms with Crippen LogP contribution in [0.15, 0.2) is 47.6 Å². The minimum Gasteiger partial charge on any atom is -0.459 e. The SMILES string of the molecule is C=C1C[C@H](C[C@@H](C)[C@H]2CC[C@H]3/C(=C/C=C4/C[C@H](O)[C@H](C)[C@H](O)C4=C)CCC[C@]23C)OC1=O. The molecule has 0 aromatic heterocycles. The number of allylic oxidation sites excluding steroid dienone is 3. The summed E-state index contributed by atoms with van der Waals surface area (Å²) >= 11 is 0. The van der Waals surface area contributed by atoms with Crippen LogP contribution in [-0.2, 0) is 9.53 Å². The van der Waals surface area contributed by atoms with Crippen LogP contribution in [-0.4, -0.2) is 34.5 Å². The highest BCUT2D eigenvalue weighted by molar-refractivity contribution is 5.89. The Labute approximate surface area is 193 Å². The Morgan fingerprint density at radius 3 is 2.66 bits per heavy atom. The topological polar surface area (TPSA) is 66.8 Å². The van der Waals surface area contributed by atoms with Gasteiger partial charge >= 0.3 is 5.97 Å². The predicted octanol–water partition coefficient (Wildman–Crippen LogP) is 5.27. The molecule has 4 rings (SSSR count). The largest absolute Gasteiger partial charge is 0.459 e. The number of aliphatic hydroxyl groups is 2. The van der Waals surface area contributed by atoms with E-state index in [0.717, 1.165) is 24.0 Å². The number of hydrogen-bond donors (Lipinski definition) is 2. The zero-order chi connectivity index (χ0) is 23.2. The standard InChI is InChI=1S/C28H40O4/c1-16(13-22-14-17(2)27(31)32-22)23-10-11-24-20(7-6-12-28(23,24)5)8-9-21-15-25(29)19(4)26(30)18(21)3/h8-9,16,19,22-26,29-30H,2-3,6-7,10-15H2,1,4-5H3/b20-8+,21-9-/t16-,19+,22+,23-,24+,25+,26-,28-/m1/s1. The summed E-state index contributed by atoms with van der Waals surface area (Å²) in [5.41, 5.74) is 4.14. The quantitative estimate of drug-likeness (QED) is 0.462. The Morgan fingerprint density at radius 1 is 1.22 bits per heavy atom. The lowest BCUT2D eigenvalue weighted by molar-refractivity contribution is -0.139. The van der Waals surface area contributed by atoms with Gasteiger partial charge in [0.05, 0.1) is 12.2 Å². The van der Waals surface area contributed by atoms with Crippen LogP contribution >= 0.6 is 0 Å². The fourth-order valence-electron chi connectivity index (χ4n) is 7.20. The van der Waals surface area contributed by atoms with Crippen LogP contribution in [0.2, 0.25) is 0 Å². The molecular formula is C28H40O4. The molecule has 4 heteroatoms. The fraction of sp³-hybridized carbons (Fsp3) is 0.679. The molecule has 0 bridgehead atoms. The zero-order valence-corrected chi connectivity index (χ0v) is 20.0. The normalized spacial score (nSPS) is 43.6. The maximum absolute atomic E-state index is 11.7. The van der Waals surface area contributed by atoms with Gasteiger partial charge in [0.15, 0.2) is 0 Å². The summed E-state index contributed by atoms with van der Waals surface area (Å²) in [6.45, 7) is 14.6. The third kappa shape index (κ3) is 4.17. The van der Waals surface area contributed by atoms with E-state index in [2.05, 4.69) is 39.2 Å². The van der Waals surface area contributed by atoms with E-state index in [0.29, 0.717) is 36.2 Å². The van der Waals surface area contributed by atoms with E-state index in [4.69, 9.17) is 4.74 Å². The highest BCUT2D eigenvalue weighted by Crippen LogP contribution is 2.60. The molecule has 32 heavy (non-hydrogen) atoms. The number of cyclic esters (lactones) is 1. The first-order valence-corrected chi connectivity index (χ1v) is 12.5. The minimum absolute atomic E-state index is 0.00598. The summed E-state index contributed by atoms with van der Waals surface area (Å²) in [5.74, 6) is 1.33. The van der Waals surface area contributed by atoms with Crippen molar-refractivity contribution in [2.45, 2.75) is 90.4 Å². The highest BCUT2D eigenvalue weighted by Gasteiger charge is 2.51. The Balaban J connectivity index is 1.48. The van der Waals surface area contributed by atoms with Crippen molar-refractivity contribution < 1.29 is 19.7 Å². The molecule has 8 atom stereocenters. The molecule has 3 aliphatic carbocycles. The second-order valence-electron chi connectivity index (χ2n) is 11.2. The Kier molecular flexibility index (Phi) is 6.57. The van der Waals surface area contributed by atoms with Crippen molar-refractivity contribution in [3.63, 3.8) is 0 Å². The van der Waals surface area contributed by atoms with Crippen molar-refractivity contribution >= 4 is 5.97 Å². The maximum atomic E-state index is 11.7. The summed E-state index contributed by atoms with van der Waals surface area (Å²) in [6, 6.07) is 0. The van der Waals surface area contributed by atoms with Crippen LogP contribution in [0.4, 0.5) is 0 Å². The zero-order valence-electron chi connectivity index (χ0n) is 20.0. The number of hydrogen-bond acceptors (Lipinski definition) is 4. The Bertz CT molecular complexity index is 835. The number of esters is 1. The second kappa shape index (κ2) is 8.95. The summed E-state index contributed by atoms with van der Waals surface area (Å²) in [4.78, 5) is 11.7. The van der Waals surface area contributed by atoms with Crippen molar-refractivity contribution in [3.8, 4) is 0 Å². The van der Waals surface area contributed by atoms with Crippen molar-refractivity contribution in [1.82, 2.24) is 0 Å². The molecule has 4 nitrogen and oxygen atoms in total. The summed E-state index contributed by atoms with van der Waals surface area (Å²) < 4.78 is 5.53. The van der Waals surface area contributed by atoms with Crippen LogP contribution in [0.25, 0.3) is 0 Å². The molecule has 3 saturated carbocycles. The van der Waals surface area contributed by atoms with E-state index < -0.39 is 12.2 Å². The lowest BCUT2D eigenvalue weighted by Crippen LogP contribution is -2.37. The highest BCUT2D eigenvalue weighted by atomic mass is 16.5. The first kappa shape index (κ1) is 23.5. The van der Waals surface area contributed by atoms with Crippen molar-refractivity contribution in [2.75, 3.05) is 0 Å². The van der Waals surface area contributed by atoms with Gasteiger partial charge in [-0.3, -0.25) is 0 Å². The third-order valence-electron chi connectivity index (χ3n) is 9.20. The molecule has 2 N–H and O–H groups in total. The molecular weight excluding hydrogens is 400 g/mol. The summed E-state index contributed by atoms with van der Waals surface area (Å²) in [6.07, 6.45) is 11.4. The molecule has 4 fully saturated rings. The van der Waals surface area contributed by atoms with Crippen LogP contribution < -0.4 is 0 Å². The van der Waals surface area contributed by atoms with E-state index in [1.54, 1.807) is 0 Å². The van der Waals surface area contributed by atoms with Gasteiger partial charge in [-0.2, -0.15) is 0 Å². The molecule has 0 spiro atoms. The monoisotopic (exact) mass is 440 g/mol. The molecule has 0 unspecified atom stereocenters. The molecule has 0 amide bonds. The van der Waals surface area contributed by atoms with Crippen molar-refractivity contribution in [1.29, 1.82) is 0 Å². The van der Waals surface area contributed by atoms with E-state index in [9.17, 15) is 15.0 Å². The molecule has 4 aliphatic rings. The maximum Gasteiger partial charge on any atom is 0.333 e. The number of rotatable bonds is 4. The molecule has 1 aliphatic heterocycles. The molecule has 1 saturated heterocycles. The number of ether oxygens (including phenoxy) is 1. The molecule has 176 valence electrons. The second-order valence-corrected chi connectivity index (χ2v) is 11.2. The van der Waals surface area contributed by atoms with E-state index in [-0.39, 0.29) is 23.4 Å². The summed E-state index contributed by atoms with van der Waals surface area (Å²) in [7, 11) is 0. The van der Waals surface area contributed by atoms with Crippen molar-refractivity contribution in [3.05, 3.63) is 47.6 Å². The summed E-state index contributed by atoms with van der Waals surface area (Å²) in [5, 5.41) is 20.7. The van der Waals surface area contributed by atoms with Crippen LogP contribution in [0.5, 0.6) is 0 Å². The first-order chi connectivity index (χ1) is 15.1. The van der Waals surface area contributed by atoms with Gasteiger partial charge in [0.25, 0.3) is 0 Å². The van der Waals surface area contributed by atoms with Gasteiger partial charge in [0.1, 0.15) is 6.10 Å². The van der Waals surface area contributed by atoms with Gasteiger partial charge in [0, 0.05) is 17.9 Å². The lowest BCUT2D eigenvalue weighted by Gasteiger charge is -2.44. The number of carbonyl (C=O) groups excluding carboxylic acids is 1. The van der Waals surface area contributed by atoms with Gasteiger partial charge in [-0.25, -0.2) is 4.79 Å². The number of fused-ring (bicyclic) bond motifs is 1. The third-order valence-corrected chi connectivity index (χ3v) is 9.20. The number of carbonyl (C=O) groups is 1. The van der Waals surface area contributed by atoms with E-state index in [1.165, 1.54) is 31.3 Å². The van der Waals surface area contributed by atoms with Gasteiger partial charge in [0.2, 0.25) is 0 Å². The van der Waals surface area contributed by atoms with Gasteiger partial charge in [-0.05, 0) is 79.3 Å². The van der Waals surface area contributed by atoms with Crippen molar-refractivity contribution in [2.24, 2.45) is 29.1 Å². The Hall–Kier alpha value is -1.65. The first-order valence-electron chi connectivity index (χ1n) is 12.5. The lowest BCUT2D eigenvalue weighted by atomic mass is 9.60. The molecule has 1 heterocycles. The van der Waals surface area contributed by atoms with Gasteiger partial charge in [-0.15, -0.1) is 0 Å². The molecule has 0 aromatic rings. The van der Waals surface area contributed by atoms with Crippen LogP contribution in [0.1, 0.15) is 72.1 Å². The molecule has 0 radical (unpaired) electrons. The van der Waals surface area contributed by atoms with Gasteiger partial charge < -0.3 is 14.9 Å². The average molecular weight is 441 g/mol. The molecule has 0 aromatic carbocycles. The fourth-order valence-corrected chi connectivity index (χ4v) is 7.20. The van der Waals surface area contributed by atoms with Gasteiger partial charge in [-0.1, -0.05) is 51.7 Å². The predicted molar refractivity (Wildman–Crippen MR) is 127 cm³/mol.